The summed E-state index contributed by atoms with van der Waals surface area (Å²) in [5, 5.41) is 3.22. The van der Waals surface area contributed by atoms with Crippen molar-refractivity contribution in [1.29, 1.82) is 0 Å². The fourth-order valence-corrected chi connectivity index (χ4v) is 5.88. The molecule has 2 aliphatic rings. The number of amides is 4. The second-order valence-electron chi connectivity index (χ2n) is 8.62. The molecule has 0 spiro atoms. The Labute approximate surface area is 184 Å². The van der Waals surface area contributed by atoms with Crippen LogP contribution in [0.4, 0.5) is 5.00 Å². The van der Waals surface area contributed by atoms with Gasteiger partial charge in [0.15, 0.2) is 0 Å². The van der Waals surface area contributed by atoms with Crippen molar-refractivity contribution >= 4 is 40.0 Å². The summed E-state index contributed by atoms with van der Waals surface area (Å²) in [5.41, 5.74) is 7.50. The zero-order valence-corrected chi connectivity index (χ0v) is 18.5. The van der Waals surface area contributed by atoms with E-state index in [2.05, 4.69) is 12.2 Å². The van der Waals surface area contributed by atoms with Crippen LogP contribution in [0.15, 0.2) is 24.3 Å². The third-order valence-corrected chi connectivity index (χ3v) is 7.17. The van der Waals surface area contributed by atoms with E-state index in [1.54, 1.807) is 38.1 Å². The molecule has 1 aliphatic carbocycles. The van der Waals surface area contributed by atoms with E-state index < -0.39 is 29.7 Å². The summed E-state index contributed by atoms with van der Waals surface area (Å²) in [4.78, 5) is 53.5. The Bertz CT molecular complexity index is 1070. The van der Waals surface area contributed by atoms with Crippen molar-refractivity contribution in [2.45, 2.75) is 46.1 Å². The van der Waals surface area contributed by atoms with Crippen LogP contribution in [0.1, 0.15) is 68.7 Å². The summed E-state index contributed by atoms with van der Waals surface area (Å²) in [6, 6.07) is 5.55. The number of anilines is 1. The van der Waals surface area contributed by atoms with Crippen molar-refractivity contribution < 1.29 is 19.2 Å². The molecule has 0 radical (unpaired) electrons. The van der Waals surface area contributed by atoms with Gasteiger partial charge >= 0.3 is 0 Å². The minimum atomic E-state index is -1.01. The SMILES string of the molecule is CC(C)[C@@H](C(=O)Nc1sc2c(c1C(N)=O)CC[C@@H](C)C2)N1C(=O)c2ccccc2C1=O. The van der Waals surface area contributed by atoms with E-state index in [9.17, 15) is 19.2 Å². The molecule has 2 aromatic rings. The maximum Gasteiger partial charge on any atom is 0.262 e. The fraction of sp³-hybridized carbons (Fsp3) is 0.391. The number of fused-ring (bicyclic) bond motifs is 2. The quantitative estimate of drug-likeness (QED) is 0.697. The van der Waals surface area contributed by atoms with Crippen molar-refractivity contribution in [3.8, 4) is 0 Å². The van der Waals surface area contributed by atoms with Crippen LogP contribution in [0.25, 0.3) is 0 Å². The topological polar surface area (TPSA) is 110 Å². The maximum atomic E-state index is 13.3. The molecule has 0 fully saturated rings. The van der Waals surface area contributed by atoms with Gasteiger partial charge in [0.2, 0.25) is 5.91 Å². The van der Waals surface area contributed by atoms with E-state index in [0.29, 0.717) is 27.6 Å². The van der Waals surface area contributed by atoms with Crippen molar-refractivity contribution in [3.05, 3.63) is 51.4 Å². The minimum Gasteiger partial charge on any atom is -0.365 e. The third-order valence-electron chi connectivity index (χ3n) is 6.00. The van der Waals surface area contributed by atoms with Crippen LogP contribution in [-0.4, -0.2) is 34.6 Å². The van der Waals surface area contributed by atoms with Gasteiger partial charge in [0.1, 0.15) is 11.0 Å². The molecule has 4 amide bonds. The van der Waals surface area contributed by atoms with Gasteiger partial charge in [-0.05, 0) is 48.8 Å². The summed E-state index contributed by atoms with van der Waals surface area (Å²) in [5.74, 6) is -1.87. The molecule has 7 nitrogen and oxygen atoms in total. The fourth-order valence-electron chi connectivity index (χ4n) is 4.46. The number of nitrogens with one attached hydrogen (secondary N) is 1. The number of thiophene rings is 1. The summed E-state index contributed by atoms with van der Waals surface area (Å²) < 4.78 is 0. The molecular formula is C23H25N3O4S. The van der Waals surface area contributed by atoms with Crippen LogP contribution >= 0.6 is 11.3 Å². The Morgan fingerprint density at radius 2 is 1.77 bits per heavy atom. The van der Waals surface area contributed by atoms with E-state index in [1.165, 1.54) is 11.3 Å². The second-order valence-corrected chi connectivity index (χ2v) is 9.73. The summed E-state index contributed by atoms with van der Waals surface area (Å²) >= 11 is 1.36. The molecule has 8 heteroatoms. The number of primary amides is 1. The van der Waals surface area contributed by atoms with Crippen LogP contribution in [-0.2, 0) is 17.6 Å². The number of carbonyl (C=O) groups excluding carboxylic acids is 4. The van der Waals surface area contributed by atoms with Crippen LogP contribution < -0.4 is 11.1 Å². The number of imide groups is 1. The number of nitrogens with zero attached hydrogens (tertiary/aromatic N) is 1. The van der Waals surface area contributed by atoms with Crippen molar-refractivity contribution in [1.82, 2.24) is 4.90 Å². The molecule has 0 saturated heterocycles. The summed E-state index contributed by atoms with van der Waals surface area (Å²) in [7, 11) is 0. The Kier molecular flexibility index (Phi) is 5.43. The summed E-state index contributed by atoms with van der Waals surface area (Å²) in [6.45, 7) is 5.72. The maximum absolute atomic E-state index is 13.3. The number of hydrogen-bond donors (Lipinski definition) is 2. The number of rotatable bonds is 5. The second kappa shape index (κ2) is 7.92. The first-order chi connectivity index (χ1) is 14.7. The molecule has 162 valence electrons. The number of carbonyl (C=O) groups is 4. The molecule has 2 atom stereocenters. The first kappa shape index (κ1) is 21.2. The molecule has 2 heterocycles. The predicted molar refractivity (Wildman–Crippen MR) is 118 cm³/mol. The van der Waals surface area contributed by atoms with Gasteiger partial charge in [-0.25, -0.2) is 0 Å². The highest BCUT2D eigenvalue weighted by molar-refractivity contribution is 7.17. The van der Waals surface area contributed by atoms with Crippen LogP contribution in [0, 0.1) is 11.8 Å². The van der Waals surface area contributed by atoms with Crippen LogP contribution in [0.3, 0.4) is 0 Å². The number of nitrogens with two attached hydrogens (primary N) is 1. The first-order valence-electron chi connectivity index (χ1n) is 10.4. The highest BCUT2D eigenvalue weighted by Crippen LogP contribution is 2.40. The number of hydrogen-bond acceptors (Lipinski definition) is 5. The zero-order chi connectivity index (χ0) is 22.4. The molecule has 3 N–H and O–H groups in total. The lowest BCUT2D eigenvalue weighted by atomic mass is 9.88. The molecule has 1 aromatic heterocycles. The third kappa shape index (κ3) is 3.54. The van der Waals surface area contributed by atoms with Gasteiger partial charge in [-0.1, -0.05) is 32.9 Å². The predicted octanol–water partition coefficient (Wildman–Crippen LogP) is 3.23. The standard InChI is InChI=1S/C23H25N3O4S/c1-11(2)18(26-22(29)13-6-4-5-7-14(13)23(26)30)20(28)25-21-17(19(24)27)15-9-8-12(3)10-16(15)31-21/h4-7,11-12,18H,8-10H2,1-3H3,(H2,24,27)(H,25,28)/t12-,18+/m1/s1. The lowest BCUT2D eigenvalue weighted by molar-refractivity contribution is -0.121. The largest absolute Gasteiger partial charge is 0.365 e. The van der Waals surface area contributed by atoms with Gasteiger partial charge in [-0.3, -0.25) is 24.1 Å². The average molecular weight is 440 g/mol. The zero-order valence-electron chi connectivity index (χ0n) is 17.7. The highest BCUT2D eigenvalue weighted by atomic mass is 32.1. The molecule has 0 bridgehead atoms. The molecule has 0 unspecified atom stereocenters. The van der Waals surface area contributed by atoms with Gasteiger partial charge in [0.25, 0.3) is 17.7 Å². The molecule has 4 rings (SSSR count). The normalized spacial score (nSPS) is 18.7. The summed E-state index contributed by atoms with van der Waals surface area (Å²) in [6.07, 6.45) is 2.54. The van der Waals surface area contributed by atoms with E-state index >= 15 is 0 Å². The average Bonchev–Trinajstić information content (AvgIpc) is 3.18. The van der Waals surface area contributed by atoms with Gasteiger partial charge < -0.3 is 11.1 Å². The van der Waals surface area contributed by atoms with Crippen molar-refractivity contribution in [3.63, 3.8) is 0 Å². The Morgan fingerprint density at radius 3 is 2.32 bits per heavy atom. The molecule has 0 saturated carbocycles. The van der Waals surface area contributed by atoms with Gasteiger partial charge in [0.05, 0.1) is 16.7 Å². The first-order valence-corrected chi connectivity index (χ1v) is 11.2. The van der Waals surface area contributed by atoms with Crippen LogP contribution in [0.2, 0.25) is 0 Å². The molecule has 1 aromatic carbocycles. The lowest BCUT2D eigenvalue weighted by Crippen LogP contribution is -2.50. The van der Waals surface area contributed by atoms with E-state index in [0.717, 1.165) is 34.6 Å². The smallest absolute Gasteiger partial charge is 0.262 e. The van der Waals surface area contributed by atoms with Crippen molar-refractivity contribution in [2.75, 3.05) is 5.32 Å². The lowest BCUT2D eigenvalue weighted by Gasteiger charge is -2.28. The molecular weight excluding hydrogens is 414 g/mol. The van der Waals surface area contributed by atoms with Crippen LogP contribution in [0.5, 0.6) is 0 Å². The van der Waals surface area contributed by atoms with E-state index in [1.807, 2.05) is 0 Å². The van der Waals surface area contributed by atoms with Crippen molar-refractivity contribution in [2.24, 2.45) is 17.6 Å². The molecule has 31 heavy (non-hydrogen) atoms. The molecule has 1 aliphatic heterocycles. The Morgan fingerprint density at radius 1 is 1.16 bits per heavy atom. The van der Waals surface area contributed by atoms with Gasteiger partial charge in [0, 0.05) is 4.88 Å². The van der Waals surface area contributed by atoms with Gasteiger partial charge in [-0.2, -0.15) is 0 Å². The van der Waals surface area contributed by atoms with Gasteiger partial charge in [-0.15, -0.1) is 11.3 Å². The van der Waals surface area contributed by atoms with E-state index in [4.69, 9.17) is 5.73 Å². The Hall–Kier alpha value is -3.00. The number of benzene rings is 1. The minimum absolute atomic E-state index is 0.296. The van der Waals surface area contributed by atoms with E-state index in [-0.39, 0.29) is 5.92 Å². The monoisotopic (exact) mass is 439 g/mol. The Balaban J connectivity index is 1.67. The highest BCUT2D eigenvalue weighted by Gasteiger charge is 2.44.